The lowest BCUT2D eigenvalue weighted by Crippen LogP contribution is -2.43. The van der Waals surface area contributed by atoms with E-state index in [0.717, 1.165) is 34.4 Å². The van der Waals surface area contributed by atoms with Crippen molar-refractivity contribution in [2.75, 3.05) is 12.0 Å². The van der Waals surface area contributed by atoms with Crippen LogP contribution in [0, 0.1) is 11.7 Å². The molecule has 0 bridgehead atoms. The van der Waals surface area contributed by atoms with Gasteiger partial charge in [-0.2, -0.15) is 5.10 Å². The van der Waals surface area contributed by atoms with Crippen LogP contribution in [0.4, 0.5) is 10.1 Å². The number of anilines is 1. The molecule has 1 aromatic heterocycles. The lowest BCUT2D eigenvalue weighted by Gasteiger charge is -2.29. The van der Waals surface area contributed by atoms with Crippen LogP contribution in [0.15, 0.2) is 72.9 Å². The molecule has 0 unspecified atom stereocenters. The van der Waals surface area contributed by atoms with Crippen LogP contribution >= 0.6 is 0 Å². The molecule has 2 heterocycles. The second-order valence-electron chi connectivity index (χ2n) is 9.83. The largest absolute Gasteiger partial charge is 0.497 e. The molecule has 7 heteroatoms. The van der Waals surface area contributed by atoms with E-state index in [0.29, 0.717) is 18.9 Å². The van der Waals surface area contributed by atoms with Gasteiger partial charge in [0.15, 0.2) is 0 Å². The summed E-state index contributed by atoms with van der Waals surface area (Å²) in [5.41, 5.74) is 3.79. The number of hydrogen-bond donors (Lipinski definition) is 1. The predicted molar refractivity (Wildman–Crippen MR) is 138 cm³/mol. The topological polar surface area (TPSA) is 59.4 Å². The number of carbonyl (C=O) groups excluding carboxylic acids is 1. The summed E-state index contributed by atoms with van der Waals surface area (Å²) in [7, 11) is 1.67. The number of carbonyl (C=O) groups is 1. The lowest BCUT2D eigenvalue weighted by molar-refractivity contribution is -0.117. The molecule has 2 atom stereocenters. The number of nitrogens with one attached hydrogen (secondary N) is 1. The van der Waals surface area contributed by atoms with Crippen molar-refractivity contribution < 1.29 is 13.9 Å². The second kappa shape index (κ2) is 9.39. The SMILES string of the molecule is COc1ccc(CN[C@H]2CC(=O)N(c3ccc4c(cnn4-c4ccc(F)cc4)c3)[C@H]2CC2CC2)cc1. The molecule has 6 nitrogen and oxygen atoms in total. The molecule has 2 fully saturated rings. The van der Waals surface area contributed by atoms with E-state index < -0.39 is 0 Å². The highest BCUT2D eigenvalue weighted by atomic mass is 19.1. The minimum atomic E-state index is -0.276. The van der Waals surface area contributed by atoms with Gasteiger partial charge in [0.05, 0.1) is 30.6 Å². The quantitative estimate of drug-likeness (QED) is 0.372. The van der Waals surface area contributed by atoms with Crippen molar-refractivity contribution in [1.29, 1.82) is 0 Å². The Morgan fingerprint density at radius 2 is 1.78 bits per heavy atom. The number of hydrogen-bond acceptors (Lipinski definition) is 4. The third kappa shape index (κ3) is 4.46. The fraction of sp³-hybridized carbons (Fsp3) is 0.310. The molecule has 1 N–H and O–H groups in total. The van der Waals surface area contributed by atoms with Gasteiger partial charge < -0.3 is 15.0 Å². The van der Waals surface area contributed by atoms with Crippen LogP contribution in [-0.2, 0) is 11.3 Å². The second-order valence-corrected chi connectivity index (χ2v) is 9.83. The Hall–Kier alpha value is -3.71. The molecule has 2 aliphatic rings. The summed E-state index contributed by atoms with van der Waals surface area (Å²) in [5, 5.41) is 9.13. The minimum Gasteiger partial charge on any atom is -0.497 e. The fourth-order valence-electron chi connectivity index (χ4n) is 5.25. The average molecular weight is 485 g/mol. The average Bonchev–Trinajstić information content (AvgIpc) is 3.54. The van der Waals surface area contributed by atoms with Crippen molar-refractivity contribution in [3.63, 3.8) is 0 Å². The number of aromatic nitrogens is 2. The van der Waals surface area contributed by atoms with E-state index in [1.807, 2.05) is 35.2 Å². The molecular weight excluding hydrogens is 455 g/mol. The van der Waals surface area contributed by atoms with Gasteiger partial charge in [-0.3, -0.25) is 4.79 Å². The van der Waals surface area contributed by atoms with E-state index in [1.54, 1.807) is 30.1 Å². The molecule has 3 aromatic carbocycles. The van der Waals surface area contributed by atoms with E-state index in [1.165, 1.54) is 30.5 Å². The van der Waals surface area contributed by atoms with E-state index >= 15 is 0 Å². The van der Waals surface area contributed by atoms with Crippen LogP contribution < -0.4 is 15.0 Å². The molecule has 1 saturated carbocycles. The summed E-state index contributed by atoms with van der Waals surface area (Å²) in [6.45, 7) is 0.709. The number of halogens is 1. The molecule has 184 valence electrons. The number of fused-ring (bicyclic) bond motifs is 1. The van der Waals surface area contributed by atoms with Gasteiger partial charge in [-0.05, 0) is 72.5 Å². The van der Waals surface area contributed by atoms with Gasteiger partial charge in [0.25, 0.3) is 0 Å². The van der Waals surface area contributed by atoms with Crippen LogP contribution in [0.25, 0.3) is 16.6 Å². The predicted octanol–water partition coefficient (Wildman–Crippen LogP) is 5.24. The van der Waals surface area contributed by atoms with Gasteiger partial charge in [0.2, 0.25) is 5.91 Å². The molecule has 1 saturated heterocycles. The standard InChI is InChI=1S/C29H29FN4O2/c1-36-25-11-4-20(5-12-25)17-31-26-16-29(35)33(28(26)14-19-2-3-19)24-10-13-27-21(15-24)18-32-34(27)23-8-6-22(30)7-9-23/h4-13,15,18-19,26,28,31H,2-3,14,16-17H2,1H3/t26-,28-/m0/s1. The zero-order valence-electron chi connectivity index (χ0n) is 20.2. The van der Waals surface area contributed by atoms with Gasteiger partial charge in [-0.15, -0.1) is 0 Å². The first-order chi connectivity index (χ1) is 17.6. The molecule has 4 aromatic rings. The Bertz CT molecular complexity index is 1380. The Labute approximate surface area is 209 Å². The van der Waals surface area contributed by atoms with Crippen molar-refractivity contribution in [2.45, 2.75) is 44.3 Å². The smallest absolute Gasteiger partial charge is 0.228 e. The highest BCUT2D eigenvalue weighted by molar-refractivity contribution is 5.99. The first kappa shape index (κ1) is 22.7. The van der Waals surface area contributed by atoms with Crippen LogP contribution in [0.3, 0.4) is 0 Å². The molecule has 36 heavy (non-hydrogen) atoms. The van der Waals surface area contributed by atoms with E-state index in [4.69, 9.17) is 4.74 Å². The van der Waals surface area contributed by atoms with Gasteiger partial charge in [-0.1, -0.05) is 25.0 Å². The highest BCUT2D eigenvalue weighted by Gasteiger charge is 2.43. The molecular formula is C29H29FN4O2. The van der Waals surface area contributed by atoms with Crippen LogP contribution in [0.2, 0.25) is 0 Å². The highest BCUT2D eigenvalue weighted by Crippen LogP contribution is 2.40. The van der Waals surface area contributed by atoms with E-state index in [2.05, 4.69) is 22.5 Å². The maximum absolute atomic E-state index is 13.4. The van der Waals surface area contributed by atoms with Gasteiger partial charge in [0.1, 0.15) is 11.6 Å². The molecule has 6 rings (SSSR count). The van der Waals surface area contributed by atoms with Crippen molar-refractivity contribution in [3.8, 4) is 11.4 Å². The number of ether oxygens (including phenoxy) is 1. The van der Waals surface area contributed by atoms with E-state index in [9.17, 15) is 9.18 Å². The van der Waals surface area contributed by atoms with Crippen LogP contribution in [0.1, 0.15) is 31.2 Å². The van der Waals surface area contributed by atoms with E-state index in [-0.39, 0.29) is 23.8 Å². The van der Waals surface area contributed by atoms with Crippen molar-refractivity contribution in [2.24, 2.45) is 5.92 Å². The Balaban J connectivity index is 1.25. The third-order valence-electron chi connectivity index (χ3n) is 7.36. The summed E-state index contributed by atoms with van der Waals surface area (Å²) >= 11 is 0. The Morgan fingerprint density at radius 3 is 2.50 bits per heavy atom. The van der Waals surface area contributed by atoms with Crippen LogP contribution in [-0.4, -0.2) is 34.9 Å². The first-order valence-corrected chi connectivity index (χ1v) is 12.5. The van der Waals surface area contributed by atoms with Crippen LogP contribution in [0.5, 0.6) is 5.75 Å². The van der Waals surface area contributed by atoms with Gasteiger partial charge in [0, 0.05) is 30.1 Å². The number of nitrogens with zero attached hydrogens (tertiary/aromatic N) is 3. The van der Waals surface area contributed by atoms with Gasteiger partial charge in [-0.25, -0.2) is 9.07 Å². The first-order valence-electron chi connectivity index (χ1n) is 12.5. The summed E-state index contributed by atoms with van der Waals surface area (Å²) < 4.78 is 20.4. The summed E-state index contributed by atoms with van der Waals surface area (Å²) in [5.74, 6) is 1.41. The maximum Gasteiger partial charge on any atom is 0.228 e. The summed E-state index contributed by atoms with van der Waals surface area (Å²) in [4.78, 5) is 15.3. The molecule has 0 spiro atoms. The zero-order chi connectivity index (χ0) is 24.6. The molecule has 1 aliphatic carbocycles. The Kier molecular flexibility index (Phi) is 5.93. The fourth-order valence-corrected chi connectivity index (χ4v) is 5.25. The molecule has 1 amide bonds. The zero-order valence-corrected chi connectivity index (χ0v) is 20.2. The molecule has 1 aliphatic heterocycles. The summed E-state index contributed by atoms with van der Waals surface area (Å²) in [6, 6.07) is 20.6. The number of rotatable bonds is 8. The maximum atomic E-state index is 13.4. The monoisotopic (exact) mass is 484 g/mol. The lowest BCUT2D eigenvalue weighted by atomic mass is 10.0. The number of benzene rings is 3. The van der Waals surface area contributed by atoms with Gasteiger partial charge >= 0.3 is 0 Å². The third-order valence-corrected chi connectivity index (χ3v) is 7.36. The Morgan fingerprint density at radius 1 is 1.03 bits per heavy atom. The van der Waals surface area contributed by atoms with Crippen molar-refractivity contribution >= 4 is 22.5 Å². The number of methoxy groups -OCH3 is 1. The number of amides is 1. The molecule has 0 radical (unpaired) electrons. The van der Waals surface area contributed by atoms with Crippen molar-refractivity contribution in [3.05, 3.63) is 84.3 Å². The normalized spacial score (nSPS) is 19.8. The summed E-state index contributed by atoms with van der Waals surface area (Å²) in [6.07, 6.45) is 5.79. The van der Waals surface area contributed by atoms with Crippen molar-refractivity contribution in [1.82, 2.24) is 15.1 Å². The minimum absolute atomic E-state index is 0.0952.